The number of nitro benzene ring substituents is 1. The molecule has 7 nitrogen and oxygen atoms in total. The minimum Gasteiger partial charge on any atom is -0.490 e. The van der Waals surface area contributed by atoms with E-state index >= 15 is 0 Å². The lowest BCUT2D eigenvalue weighted by Gasteiger charge is -2.36. The molecule has 0 unspecified atom stereocenters. The van der Waals surface area contributed by atoms with Crippen LogP contribution in [-0.2, 0) is 12.8 Å². The number of anilines is 1. The average molecular weight is 430 g/mol. The Morgan fingerprint density at radius 2 is 2.10 bits per heavy atom. The number of amides is 1. The molecule has 8 heteroatoms. The lowest BCUT2D eigenvalue weighted by molar-refractivity contribution is -0.385. The van der Waals surface area contributed by atoms with Crippen molar-refractivity contribution in [2.45, 2.75) is 52.6 Å². The molecule has 2 aliphatic rings. The standard InChI is InChI=1S/C22H27N3O4S/c1-5-22(2,3)13-7-8-14-17(11-13)30-21-18(14)20(26)23-19(24-21)12-6-9-16(29-4)15(10-12)25(27)28/h6,9-10,13,19,24H,5,7-8,11H2,1-4H3,(H,23,26)/t13-,19+/m0/s1. The van der Waals surface area contributed by atoms with Crippen LogP contribution in [0.25, 0.3) is 0 Å². The van der Waals surface area contributed by atoms with Crippen molar-refractivity contribution in [1.82, 2.24) is 5.32 Å². The predicted octanol–water partition coefficient (Wildman–Crippen LogP) is 5.06. The number of carbonyl (C=O) groups is 1. The summed E-state index contributed by atoms with van der Waals surface area (Å²) in [6.45, 7) is 6.89. The number of hydrogen-bond acceptors (Lipinski definition) is 6. The van der Waals surface area contributed by atoms with Crippen molar-refractivity contribution in [3.05, 3.63) is 49.9 Å². The molecule has 1 aliphatic carbocycles. The van der Waals surface area contributed by atoms with E-state index in [-0.39, 0.29) is 22.8 Å². The highest BCUT2D eigenvalue weighted by molar-refractivity contribution is 7.16. The maximum Gasteiger partial charge on any atom is 0.311 e. The molecular weight excluding hydrogens is 402 g/mol. The number of nitrogens with zero attached hydrogens (tertiary/aromatic N) is 1. The maximum absolute atomic E-state index is 13.0. The van der Waals surface area contributed by atoms with Crippen molar-refractivity contribution in [2.75, 3.05) is 12.4 Å². The SMILES string of the molecule is CCC(C)(C)[C@H]1CCc2c(sc3c2C(=O)N[C@@H](c2ccc(OC)c([N+](=O)[O-])c2)N3)C1. The Morgan fingerprint density at radius 1 is 1.33 bits per heavy atom. The third-order valence-electron chi connectivity index (χ3n) is 6.79. The fourth-order valence-corrected chi connectivity index (χ4v) is 5.80. The summed E-state index contributed by atoms with van der Waals surface area (Å²) in [4.78, 5) is 25.2. The van der Waals surface area contributed by atoms with Crippen molar-refractivity contribution < 1.29 is 14.5 Å². The highest BCUT2D eigenvalue weighted by Crippen LogP contribution is 2.47. The summed E-state index contributed by atoms with van der Waals surface area (Å²) < 4.78 is 5.08. The molecule has 0 saturated heterocycles. The molecule has 1 aliphatic heterocycles. The fraction of sp³-hybridized carbons (Fsp3) is 0.500. The van der Waals surface area contributed by atoms with Crippen LogP contribution in [0.5, 0.6) is 5.75 Å². The van der Waals surface area contributed by atoms with Crippen LogP contribution in [0.2, 0.25) is 0 Å². The van der Waals surface area contributed by atoms with Gasteiger partial charge in [-0.2, -0.15) is 0 Å². The minimum absolute atomic E-state index is 0.113. The van der Waals surface area contributed by atoms with E-state index in [0.717, 1.165) is 36.2 Å². The van der Waals surface area contributed by atoms with Crippen LogP contribution in [0.15, 0.2) is 18.2 Å². The molecule has 30 heavy (non-hydrogen) atoms. The number of rotatable bonds is 5. The van der Waals surface area contributed by atoms with Gasteiger partial charge in [0.25, 0.3) is 5.91 Å². The molecule has 0 bridgehead atoms. The molecular formula is C22H27N3O4S. The van der Waals surface area contributed by atoms with Gasteiger partial charge in [0.2, 0.25) is 0 Å². The zero-order valence-electron chi connectivity index (χ0n) is 17.7. The van der Waals surface area contributed by atoms with Gasteiger partial charge in [0.05, 0.1) is 17.6 Å². The van der Waals surface area contributed by atoms with Crippen molar-refractivity contribution in [2.24, 2.45) is 11.3 Å². The molecule has 2 N–H and O–H groups in total. The van der Waals surface area contributed by atoms with E-state index in [2.05, 4.69) is 31.4 Å². The second kappa shape index (κ2) is 7.58. The van der Waals surface area contributed by atoms with E-state index in [1.54, 1.807) is 23.5 Å². The normalized spacial score (nSPS) is 20.6. The number of methoxy groups -OCH3 is 1. The lowest BCUT2D eigenvalue weighted by atomic mass is 9.69. The minimum atomic E-state index is -0.516. The quantitative estimate of drug-likeness (QED) is 0.512. The van der Waals surface area contributed by atoms with Crippen LogP contribution >= 0.6 is 11.3 Å². The van der Waals surface area contributed by atoms with Crippen LogP contribution in [0.4, 0.5) is 10.7 Å². The summed E-state index contributed by atoms with van der Waals surface area (Å²) >= 11 is 1.66. The summed E-state index contributed by atoms with van der Waals surface area (Å²) in [5, 5.41) is 18.6. The van der Waals surface area contributed by atoms with Gasteiger partial charge in [-0.25, -0.2) is 0 Å². The first-order chi connectivity index (χ1) is 14.2. The molecule has 1 aromatic carbocycles. The predicted molar refractivity (Wildman–Crippen MR) is 117 cm³/mol. The Balaban J connectivity index is 1.64. The Morgan fingerprint density at radius 3 is 2.77 bits per heavy atom. The molecule has 160 valence electrons. The van der Waals surface area contributed by atoms with Crippen molar-refractivity contribution >= 4 is 27.9 Å². The first-order valence-electron chi connectivity index (χ1n) is 10.3. The number of ether oxygens (including phenoxy) is 1. The van der Waals surface area contributed by atoms with E-state index < -0.39 is 11.1 Å². The number of thiophene rings is 1. The summed E-state index contributed by atoms with van der Waals surface area (Å²) in [7, 11) is 1.40. The van der Waals surface area contributed by atoms with Gasteiger partial charge >= 0.3 is 5.69 Å². The van der Waals surface area contributed by atoms with E-state index in [0.29, 0.717) is 11.5 Å². The molecule has 4 rings (SSSR count). The zero-order valence-corrected chi connectivity index (χ0v) is 18.5. The van der Waals surface area contributed by atoms with E-state index in [1.165, 1.54) is 23.6 Å². The van der Waals surface area contributed by atoms with E-state index in [9.17, 15) is 14.9 Å². The second-order valence-electron chi connectivity index (χ2n) is 8.73. The largest absolute Gasteiger partial charge is 0.490 e. The summed E-state index contributed by atoms with van der Waals surface area (Å²) in [5.74, 6) is 0.693. The number of carbonyl (C=O) groups excluding carboxylic acids is 1. The van der Waals surface area contributed by atoms with E-state index in [1.807, 2.05) is 0 Å². The fourth-order valence-electron chi connectivity index (χ4n) is 4.45. The van der Waals surface area contributed by atoms with Crippen molar-refractivity contribution in [1.29, 1.82) is 0 Å². The first-order valence-corrected chi connectivity index (χ1v) is 11.1. The smallest absolute Gasteiger partial charge is 0.311 e. The van der Waals surface area contributed by atoms with Gasteiger partial charge in [-0.3, -0.25) is 14.9 Å². The van der Waals surface area contributed by atoms with Crippen molar-refractivity contribution in [3.63, 3.8) is 0 Å². The molecule has 0 fully saturated rings. The summed E-state index contributed by atoms with van der Waals surface area (Å²) in [6, 6.07) is 4.75. The average Bonchev–Trinajstić information content (AvgIpc) is 3.11. The van der Waals surface area contributed by atoms with Crippen LogP contribution in [0.1, 0.15) is 66.1 Å². The van der Waals surface area contributed by atoms with Gasteiger partial charge in [0.1, 0.15) is 11.2 Å². The summed E-state index contributed by atoms with van der Waals surface area (Å²) in [5.41, 5.74) is 2.71. The van der Waals surface area contributed by atoms with Gasteiger partial charge in [0.15, 0.2) is 5.75 Å². The van der Waals surface area contributed by atoms with Crippen LogP contribution in [0.3, 0.4) is 0 Å². The molecule has 1 aromatic heterocycles. The Kier molecular flexibility index (Phi) is 5.22. The van der Waals surface area contributed by atoms with E-state index in [4.69, 9.17) is 4.74 Å². The summed E-state index contributed by atoms with van der Waals surface area (Å²) in [6.07, 6.45) is 3.63. The van der Waals surface area contributed by atoms with Gasteiger partial charge < -0.3 is 15.4 Å². The lowest BCUT2D eigenvalue weighted by Crippen LogP contribution is -2.38. The van der Waals surface area contributed by atoms with Crippen LogP contribution in [0, 0.1) is 21.4 Å². The maximum atomic E-state index is 13.0. The molecule has 2 aromatic rings. The third kappa shape index (κ3) is 3.43. The Hall–Kier alpha value is -2.61. The molecule has 1 amide bonds. The van der Waals surface area contributed by atoms with Crippen LogP contribution in [-0.4, -0.2) is 17.9 Å². The number of fused-ring (bicyclic) bond motifs is 3. The molecule has 0 spiro atoms. The molecule has 0 radical (unpaired) electrons. The number of hydrogen-bond donors (Lipinski definition) is 2. The van der Waals surface area contributed by atoms with Gasteiger partial charge in [-0.05, 0) is 42.2 Å². The molecule has 2 heterocycles. The molecule has 2 atom stereocenters. The van der Waals surface area contributed by atoms with Crippen molar-refractivity contribution in [3.8, 4) is 5.75 Å². The topological polar surface area (TPSA) is 93.5 Å². The van der Waals surface area contributed by atoms with Gasteiger partial charge in [-0.15, -0.1) is 11.3 Å². The second-order valence-corrected chi connectivity index (χ2v) is 9.83. The zero-order chi connectivity index (χ0) is 21.6. The third-order valence-corrected chi connectivity index (χ3v) is 7.98. The van der Waals surface area contributed by atoms with Gasteiger partial charge in [0, 0.05) is 16.5 Å². The highest BCUT2D eigenvalue weighted by atomic mass is 32.1. The highest BCUT2D eigenvalue weighted by Gasteiger charge is 2.37. The van der Waals surface area contributed by atoms with Gasteiger partial charge in [-0.1, -0.05) is 33.3 Å². The number of nitrogens with one attached hydrogen (secondary N) is 2. The molecule has 0 saturated carbocycles. The monoisotopic (exact) mass is 429 g/mol. The Bertz CT molecular complexity index is 1010. The van der Waals surface area contributed by atoms with Crippen LogP contribution < -0.4 is 15.4 Å². The number of benzene rings is 1. The Labute approximate surface area is 180 Å². The number of nitro groups is 1. The first kappa shape index (κ1) is 20.7.